The van der Waals surface area contributed by atoms with Gasteiger partial charge >= 0.3 is 0 Å². The molecule has 6 fully saturated rings. The molecule has 6 aliphatic rings. The lowest BCUT2D eigenvalue weighted by atomic mass is 9.31. The van der Waals surface area contributed by atoms with Gasteiger partial charge < -0.3 is 9.32 Å². The van der Waals surface area contributed by atoms with Crippen molar-refractivity contribution in [2.24, 2.45) is 46.8 Å². The van der Waals surface area contributed by atoms with Gasteiger partial charge in [0.2, 0.25) is 5.91 Å². The molecular formula is C21H19NO3S. The number of hydrogen-bond acceptors (Lipinski definition) is 4. The third-order valence-electron chi connectivity index (χ3n) is 8.37. The molecule has 0 N–H and O–H groups in total. The molecule has 6 aliphatic carbocycles. The van der Waals surface area contributed by atoms with E-state index in [4.69, 9.17) is 4.42 Å². The SMILES string of the molecule is O=C1C2C3CC4C2C2(C(=O)N(Cc5ccco5)Cc5cccs5)C1C3C42. The Morgan fingerprint density at radius 1 is 1.23 bits per heavy atom. The van der Waals surface area contributed by atoms with E-state index in [0.29, 0.717) is 48.5 Å². The number of hydrogen-bond donors (Lipinski definition) is 0. The van der Waals surface area contributed by atoms with Crippen LogP contribution in [-0.2, 0) is 22.7 Å². The summed E-state index contributed by atoms with van der Waals surface area (Å²) in [5.41, 5.74) is -0.339. The Labute approximate surface area is 155 Å². The number of thiophene rings is 1. The van der Waals surface area contributed by atoms with Crippen LogP contribution in [0.4, 0.5) is 0 Å². The van der Waals surface area contributed by atoms with Crippen LogP contribution in [-0.4, -0.2) is 16.6 Å². The molecule has 0 radical (unpaired) electrons. The van der Waals surface area contributed by atoms with Crippen LogP contribution in [0, 0.1) is 46.8 Å². The lowest BCUT2D eigenvalue weighted by Crippen LogP contribution is -2.75. The highest BCUT2D eigenvalue weighted by Crippen LogP contribution is 2.93. The molecule has 4 nitrogen and oxygen atoms in total. The van der Waals surface area contributed by atoms with E-state index in [1.54, 1.807) is 17.6 Å². The van der Waals surface area contributed by atoms with Crippen molar-refractivity contribution in [3.63, 3.8) is 0 Å². The molecule has 0 aliphatic heterocycles. The fourth-order valence-electron chi connectivity index (χ4n) is 8.05. The maximum Gasteiger partial charge on any atom is 0.230 e. The molecule has 4 bridgehead atoms. The maximum absolute atomic E-state index is 13.8. The molecule has 0 saturated heterocycles. The summed E-state index contributed by atoms with van der Waals surface area (Å²) >= 11 is 1.68. The lowest BCUT2D eigenvalue weighted by Gasteiger charge is -2.70. The Hall–Kier alpha value is -1.88. The predicted octanol–water partition coefficient (Wildman–Crippen LogP) is 3.20. The number of Topliss-reactive ketones (excluding diaryl/α,β-unsaturated/α-hetero) is 1. The van der Waals surface area contributed by atoms with Crippen molar-refractivity contribution in [1.29, 1.82) is 0 Å². The van der Waals surface area contributed by atoms with Crippen molar-refractivity contribution in [1.82, 2.24) is 4.90 Å². The zero-order valence-corrected chi connectivity index (χ0v) is 15.0. The molecule has 0 spiro atoms. The van der Waals surface area contributed by atoms with Crippen molar-refractivity contribution in [3.05, 3.63) is 46.5 Å². The van der Waals surface area contributed by atoms with Gasteiger partial charge in [0.25, 0.3) is 0 Å². The van der Waals surface area contributed by atoms with Gasteiger partial charge in [-0.15, -0.1) is 11.3 Å². The molecule has 26 heavy (non-hydrogen) atoms. The van der Waals surface area contributed by atoms with Gasteiger partial charge in [-0.05, 0) is 59.6 Å². The van der Waals surface area contributed by atoms with E-state index in [9.17, 15) is 9.59 Å². The normalized spacial score (nSPS) is 45.1. The fourth-order valence-corrected chi connectivity index (χ4v) is 8.77. The average molecular weight is 365 g/mol. The first-order chi connectivity index (χ1) is 12.7. The first-order valence-electron chi connectivity index (χ1n) is 9.60. The molecule has 2 aromatic rings. The van der Waals surface area contributed by atoms with Gasteiger partial charge in [0, 0.05) is 16.7 Å². The van der Waals surface area contributed by atoms with Crippen molar-refractivity contribution >= 4 is 23.0 Å². The highest BCUT2D eigenvalue weighted by atomic mass is 32.1. The molecule has 1 amide bonds. The third-order valence-corrected chi connectivity index (χ3v) is 9.23. The van der Waals surface area contributed by atoms with Crippen LogP contribution in [0.2, 0.25) is 0 Å². The minimum absolute atomic E-state index is 0.0428. The average Bonchev–Trinajstić information content (AvgIpc) is 3.39. The Kier molecular flexibility index (Phi) is 2.37. The summed E-state index contributed by atoms with van der Waals surface area (Å²) in [6, 6.07) is 7.91. The summed E-state index contributed by atoms with van der Waals surface area (Å²) in [5, 5.41) is 2.05. The van der Waals surface area contributed by atoms with Crippen LogP contribution in [0.15, 0.2) is 40.3 Å². The molecule has 0 aromatic carbocycles. The molecule has 6 saturated carbocycles. The van der Waals surface area contributed by atoms with Crippen LogP contribution >= 0.6 is 11.3 Å². The maximum atomic E-state index is 13.8. The van der Waals surface area contributed by atoms with Crippen LogP contribution in [0.1, 0.15) is 17.1 Å². The predicted molar refractivity (Wildman–Crippen MR) is 93.8 cm³/mol. The number of amides is 1. The number of nitrogens with zero attached hydrogens (tertiary/aromatic N) is 1. The quantitative estimate of drug-likeness (QED) is 0.818. The molecule has 8 rings (SSSR count). The molecule has 132 valence electrons. The summed E-state index contributed by atoms with van der Waals surface area (Å²) in [4.78, 5) is 29.8. The summed E-state index contributed by atoms with van der Waals surface area (Å²) in [6.07, 6.45) is 2.87. The van der Waals surface area contributed by atoms with E-state index in [2.05, 4.69) is 11.4 Å². The van der Waals surface area contributed by atoms with Gasteiger partial charge in [-0.1, -0.05) is 6.07 Å². The largest absolute Gasteiger partial charge is 0.467 e. The number of ketones is 1. The van der Waals surface area contributed by atoms with Crippen molar-refractivity contribution in [2.45, 2.75) is 19.5 Å². The first-order valence-corrected chi connectivity index (χ1v) is 10.5. The van der Waals surface area contributed by atoms with Gasteiger partial charge in [-0.2, -0.15) is 0 Å². The topological polar surface area (TPSA) is 50.5 Å². The highest BCUT2D eigenvalue weighted by Gasteiger charge is 2.96. The molecule has 5 heteroatoms. The Bertz CT molecular complexity index is 898. The van der Waals surface area contributed by atoms with E-state index in [1.165, 1.54) is 11.3 Å². The number of furan rings is 1. The molecular weight excluding hydrogens is 346 g/mol. The molecule has 8 atom stereocenters. The second kappa shape index (κ2) is 4.33. The van der Waals surface area contributed by atoms with Crippen molar-refractivity contribution in [2.75, 3.05) is 0 Å². The van der Waals surface area contributed by atoms with Crippen molar-refractivity contribution in [3.8, 4) is 0 Å². The smallest absolute Gasteiger partial charge is 0.230 e. The van der Waals surface area contributed by atoms with E-state index in [1.807, 2.05) is 23.1 Å². The third kappa shape index (κ3) is 1.27. The summed E-state index contributed by atoms with van der Waals surface area (Å²) in [6.45, 7) is 1.11. The van der Waals surface area contributed by atoms with Gasteiger partial charge in [0.15, 0.2) is 0 Å². The highest BCUT2D eigenvalue weighted by molar-refractivity contribution is 7.09. The van der Waals surface area contributed by atoms with Crippen molar-refractivity contribution < 1.29 is 14.0 Å². The summed E-state index contributed by atoms with van der Waals surface area (Å²) in [7, 11) is 0. The molecule has 2 aromatic heterocycles. The summed E-state index contributed by atoms with van der Waals surface area (Å²) < 4.78 is 5.53. The van der Waals surface area contributed by atoms with Crippen LogP contribution < -0.4 is 0 Å². The number of carbonyl (C=O) groups is 2. The molecule has 2 heterocycles. The zero-order valence-electron chi connectivity index (χ0n) is 14.2. The lowest BCUT2D eigenvalue weighted by molar-refractivity contribution is -0.256. The van der Waals surface area contributed by atoms with E-state index in [0.717, 1.165) is 5.76 Å². The van der Waals surface area contributed by atoms with Gasteiger partial charge in [-0.25, -0.2) is 0 Å². The van der Waals surface area contributed by atoms with Gasteiger partial charge in [0.1, 0.15) is 11.5 Å². The van der Waals surface area contributed by atoms with Crippen LogP contribution in [0.25, 0.3) is 0 Å². The standard InChI is InChI=1S/C21H19NO3S/c23-19-15-12-7-13-16-14(12)18(19)21(16,17(13)15)20(24)22(8-10-3-1-5-25-10)9-11-4-2-6-26-11/h1-6,12-18H,7-9H2. The second-order valence-electron chi connectivity index (χ2n) is 8.85. The Balaban J connectivity index is 1.26. The van der Waals surface area contributed by atoms with Crippen LogP contribution in [0.3, 0.4) is 0 Å². The first kappa shape index (κ1) is 14.2. The zero-order chi connectivity index (χ0) is 17.2. The van der Waals surface area contributed by atoms with E-state index >= 15 is 0 Å². The number of carbonyl (C=O) groups excluding carboxylic acids is 2. The fraction of sp³-hybridized carbons (Fsp3) is 0.524. The summed E-state index contributed by atoms with van der Waals surface area (Å²) in [5.74, 6) is 4.42. The Morgan fingerprint density at radius 3 is 2.88 bits per heavy atom. The van der Waals surface area contributed by atoms with Gasteiger partial charge in [-0.3, -0.25) is 9.59 Å². The van der Waals surface area contributed by atoms with E-state index in [-0.39, 0.29) is 23.2 Å². The minimum Gasteiger partial charge on any atom is -0.467 e. The molecule has 8 unspecified atom stereocenters. The number of rotatable bonds is 5. The van der Waals surface area contributed by atoms with Gasteiger partial charge in [0.05, 0.1) is 24.8 Å². The minimum atomic E-state index is -0.339. The monoisotopic (exact) mass is 365 g/mol. The Morgan fingerprint density at radius 2 is 2.15 bits per heavy atom. The van der Waals surface area contributed by atoms with Crippen LogP contribution in [0.5, 0.6) is 0 Å². The van der Waals surface area contributed by atoms with E-state index < -0.39 is 0 Å². The second-order valence-corrected chi connectivity index (χ2v) is 9.88.